The smallest absolute Gasteiger partial charge is 0.253 e. The lowest BCUT2D eigenvalue weighted by molar-refractivity contribution is -0.125. The number of carbonyl (C=O) groups is 3. The van der Waals surface area contributed by atoms with Gasteiger partial charge in [0.15, 0.2) is 0 Å². The summed E-state index contributed by atoms with van der Waals surface area (Å²) in [6, 6.07) is 15.4. The van der Waals surface area contributed by atoms with Crippen LogP contribution in [0.3, 0.4) is 0 Å². The molecule has 3 amide bonds. The first kappa shape index (κ1) is 24.3. The molecule has 1 fully saturated rings. The molecule has 0 spiro atoms. The van der Waals surface area contributed by atoms with Crippen LogP contribution < -0.4 is 15.4 Å². The van der Waals surface area contributed by atoms with Crippen molar-refractivity contribution in [3.63, 3.8) is 0 Å². The largest absolute Gasteiger partial charge is 0.497 e. The average molecular weight is 452 g/mol. The second-order valence-corrected chi connectivity index (χ2v) is 8.50. The molecule has 0 radical (unpaired) electrons. The molecule has 7 heteroatoms. The number of benzene rings is 2. The Bertz CT molecular complexity index is 955. The van der Waals surface area contributed by atoms with Crippen LogP contribution in [-0.4, -0.2) is 54.9 Å². The van der Waals surface area contributed by atoms with E-state index in [1.54, 1.807) is 31.4 Å². The fourth-order valence-corrected chi connectivity index (χ4v) is 4.02. The molecule has 3 rings (SSSR count). The summed E-state index contributed by atoms with van der Waals surface area (Å²) < 4.78 is 5.21. The van der Waals surface area contributed by atoms with E-state index in [4.69, 9.17) is 4.74 Å². The van der Waals surface area contributed by atoms with Crippen molar-refractivity contribution in [2.45, 2.75) is 45.2 Å². The van der Waals surface area contributed by atoms with Crippen molar-refractivity contribution in [2.75, 3.05) is 20.2 Å². The Morgan fingerprint density at radius 1 is 1.00 bits per heavy atom. The van der Waals surface area contributed by atoms with Crippen molar-refractivity contribution in [2.24, 2.45) is 5.92 Å². The minimum absolute atomic E-state index is 0.00456. The summed E-state index contributed by atoms with van der Waals surface area (Å²) in [4.78, 5) is 40.7. The molecule has 1 saturated heterocycles. The molecule has 2 atom stereocenters. The van der Waals surface area contributed by atoms with Crippen LogP contribution >= 0.6 is 0 Å². The number of hydrogen-bond donors (Lipinski definition) is 2. The third-order valence-electron chi connectivity index (χ3n) is 6.22. The van der Waals surface area contributed by atoms with E-state index in [2.05, 4.69) is 10.6 Å². The number of amides is 3. The standard InChI is InChI=1S/C26H33N3O4/c1-4-18(2)27-25(31)23(28-24(30)21-11-8-12-22(17-21)33-3)19-13-15-29(16-14-19)26(32)20-9-6-5-7-10-20/h5-12,17-19,23H,4,13-16H2,1-3H3,(H,27,31)(H,28,30)/t18-,23-/m0/s1. The summed E-state index contributed by atoms with van der Waals surface area (Å²) in [6.07, 6.45) is 2.07. The summed E-state index contributed by atoms with van der Waals surface area (Å²) in [7, 11) is 1.55. The Kier molecular flexibility index (Phi) is 8.46. The second-order valence-electron chi connectivity index (χ2n) is 8.50. The van der Waals surface area contributed by atoms with Crippen LogP contribution in [0.5, 0.6) is 5.75 Å². The normalized spacial score (nSPS) is 15.9. The van der Waals surface area contributed by atoms with E-state index in [9.17, 15) is 14.4 Å². The first-order valence-corrected chi connectivity index (χ1v) is 11.5. The zero-order valence-electron chi connectivity index (χ0n) is 19.5. The van der Waals surface area contributed by atoms with E-state index < -0.39 is 6.04 Å². The quantitative estimate of drug-likeness (QED) is 0.645. The van der Waals surface area contributed by atoms with Gasteiger partial charge in [-0.15, -0.1) is 0 Å². The molecular weight excluding hydrogens is 418 g/mol. The van der Waals surface area contributed by atoms with Crippen LogP contribution in [0.15, 0.2) is 54.6 Å². The van der Waals surface area contributed by atoms with Gasteiger partial charge in [-0.1, -0.05) is 31.2 Å². The molecule has 176 valence electrons. The lowest BCUT2D eigenvalue weighted by atomic mass is 9.88. The number of nitrogens with zero attached hydrogens (tertiary/aromatic N) is 1. The average Bonchev–Trinajstić information content (AvgIpc) is 2.87. The zero-order valence-corrected chi connectivity index (χ0v) is 19.5. The topological polar surface area (TPSA) is 87.7 Å². The molecule has 1 heterocycles. The van der Waals surface area contributed by atoms with Crippen molar-refractivity contribution < 1.29 is 19.1 Å². The Morgan fingerprint density at radius 2 is 1.67 bits per heavy atom. The van der Waals surface area contributed by atoms with Gasteiger partial charge in [0.05, 0.1) is 7.11 Å². The lowest BCUT2D eigenvalue weighted by Crippen LogP contribution is -2.55. The summed E-state index contributed by atoms with van der Waals surface area (Å²) in [6.45, 7) is 5.03. The van der Waals surface area contributed by atoms with Crippen LogP contribution in [-0.2, 0) is 4.79 Å². The fourth-order valence-electron chi connectivity index (χ4n) is 4.02. The van der Waals surface area contributed by atoms with E-state index in [-0.39, 0.29) is 29.7 Å². The number of ether oxygens (including phenoxy) is 1. The van der Waals surface area contributed by atoms with Crippen LogP contribution in [0.2, 0.25) is 0 Å². The summed E-state index contributed by atoms with van der Waals surface area (Å²) >= 11 is 0. The highest BCUT2D eigenvalue weighted by Crippen LogP contribution is 2.23. The number of rotatable bonds is 8. The lowest BCUT2D eigenvalue weighted by Gasteiger charge is -2.36. The van der Waals surface area contributed by atoms with Gasteiger partial charge in [-0.3, -0.25) is 14.4 Å². The van der Waals surface area contributed by atoms with Crippen molar-refractivity contribution >= 4 is 17.7 Å². The van der Waals surface area contributed by atoms with Crippen molar-refractivity contribution in [3.05, 3.63) is 65.7 Å². The highest BCUT2D eigenvalue weighted by atomic mass is 16.5. The van der Waals surface area contributed by atoms with Gasteiger partial charge >= 0.3 is 0 Å². The Hall–Kier alpha value is -3.35. The van der Waals surface area contributed by atoms with Gasteiger partial charge in [-0.2, -0.15) is 0 Å². The maximum absolute atomic E-state index is 13.1. The number of methoxy groups -OCH3 is 1. The maximum atomic E-state index is 13.1. The highest BCUT2D eigenvalue weighted by Gasteiger charge is 2.34. The molecule has 0 saturated carbocycles. The second kappa shape index (κ2) is 11.5. The van der Waals surface area contributed by atoms with Crippen LogP contribution in [0, 0.1) is 5.92 Å². The molecule has 1 aliphatic heterocycles. The number of hydrogen-bond acceptors (Lipinski definition) is 4. The van der Waals surface area contributed by atoms with Crippen LogP contribution in [0.4, 0.5) is 0 Å². The van der Waals surface area contributed by atoms with Crippen molar-refractivity contribution in [1.82, 2.24) is 15.5 Å². The van der Waals surface area contributed by atoms with Crippen LogP contribution in [0.1, 0.15) is 53.8 Å². The zero-order chi connectivity index (χ0) is 23.8. The first-order valence-electron chi connectivity index (χ1n) is 11.5. The van der Waals surface area contributed by atoms with Gasteiger partial charge in [0.25, 0.3) is 11.8 Å². The molecular formula is C26H33N3O4. The monoisotopic (exact) mass is 451 g/mol. The van der Waals surface area contributed by atoms with Crippen LogP contribution in [0.25, 0.3) is 0 Å². The predicted octanol–water partition coefficient (Wildman–Crippen LogP) is 3.26. The molecule has 0 bridgehead atoms. The molecule has 0 aliphatic carbocycles. The summed E-state index contributed by atoms with van der Waals surface area (Å²) in [5.74, 6) is 0.00363. The number of piperidine rings is 1. The number of likely N-dealkylation sites (tertiary alicyclic amines) is 1. The molecule has 7 nitrogen and oxygen atoms in total. The van der Waals surface area contributed by atoms with E-state index >= 15 is 0 Å². The van der Waals surface area contributed by atoms with E-state index in [1.165, 1.54) is 0 Å². The van der Waals surface area contributed by atoms with Crippen molar-refractivity contribution in [3.8, 4) is 5.75 Å². The predicted molar refractivity (Wildman–Crippen MR) is 127 cm³/mol. The molecule has 33 heavy (non-hydrogen) atoms. The van der Waals surface area contributed by atoms with Gasteiger partial charge < -0.3 is 20.3 Å². The summed E-state index contributed by atoms with van der Waals surface area (Å²) in [5.41, 5.74) is 1.10. The van der Waals surface area contributed by atoms with E-state index in [0.717, 1.165) is 6.42 Å². The molecule has 2 aromatic carbocycles. The van der Waals surface area contributed by atoms with E-state index in [0.29, 0.717) is 42.8 Å². The minimum atomic E-state index is -0.674. The fraction of sp³-hybridized carbons (Fsp3) is 0.423. The minimum Gasteiger partial charge on any atom is -0.497 e. The van der Waals surface area contributed by atoms with Gasteiger partial charge in [0, 0.05) is 30.3 Å². The molecule has 1 aliphatic rings. The third-order valence-corrected chi connectivity index (χ3v) is 6.22. The van der Waals surface area contributed by atoms with Crippen molar-refractivity contribution in [1.29, 1.82) is 0 Å². The van der Waals surface area contributed by atoms with Gasteiger partial charge in [-0.05, 0) is 62.4 Å². The SMILES string of the molecule is CC[C@H](C)NC(=O)[C@@H](NC(=O)c1cccc(OC)c1)C1CCN(C(=O)c2ccccc2)CC1. The molecule has 2 N–H and O–H groups in total. The summed E-state index contributed by atoms with van der Waals surface area (Å²) in [5, 5.41) is 5.96. The van der Waals surface area contributed by atoms with E-state index in [1.807, 2.05) is 49.1 Å². The first-order chi connectivity index (χ1) is 15.9. The van der Waals surface area contributed by atoms with Gasteiger partial charge in [-0.25, -0.2) is 0 Å². The number of nitrogens with one attached hydrogen (secondary N) is 2. The third kappa shape index (κ3) is 6.34. The highest BCUT2D eigenvalue weighted by molar-refractivity contribution is 5.98. The maximum Gasteiger partial charge on any atom is 0.253 e. The molecule has 0 aromatic heterocycles. The molecule has 2 aromatic rings. The molecule has 0 unspecified atom stereocenters. The van der Waals surface area contributed by atoms with Gasteiger partial charge in [0.2, 0.25) is 5.91 Å². The Labute approximate surface area is 195 Å². The number of carbonyl (C=O) groups excluding carboxylic acids is 3. The Balaban J connectivity index is 1.71. The van der Waals surface area contributed by atoms with Gasteiger partial charge in [0.1, 0.15) is 11.8 Å². The Morgan fingerprint density at radius 3 is 2.30 bits per heavy atom.